The van der Waals surface area contributed by atoms with Crippen LogP contribution in [0.5, 0.6) is 5.75 Å². The molecule has 1 aliphatic heterocycles. The molecule has 4 nitrogen and oxygen atoms in total. The molecule has 168 valence electrons. The van der Waals surface area contributed by atoms with Crippen LogP contribution in [-0.4, -0.2) is 22.6 Å². The van der Waals surface area contributed by atoms with E-state index in [-0.39, 0.29) is 11.1 Å². The maximum Gasteiger partial charge on any atom is 0.293 e. The molecule has 0 N–H and O–H groups in total. The number of amides is 2. The summed E-state index contributed by atoms with van der Waals surface area (Å²) >= 11 is 16.7. The second kappa shape index (κ2) is 10.6. The van der Waals surface area contributed by atoms with Gasteiger partial charge in [0, 0.05) is 22.2 Å². The Kier molecular flexibility index (Phi) is 7.87. The Morgan fingerprint density at radius 3 is 2.59 bits per heavy atom. The Hall–Kier alpha value is -1.47. The van der Waals surface area contributed by atoms with E-state index < -0.39 is 0 Å². The van der Waals surface area contributed by atoms with Crippen LogP contribution in [0.3, 0.4) is 0 Å². The number of hydrogen-bond donors (Lipinski definition) is 0. The second-order valence-corrected chi connectivity index (χ2v) is 10.7. The van der Waals surface area contributed by atoms with Crippen molar-refractivity contribution < 1.29 is 14.3 Å². The van der Waals surface area contributed by atoms with E-state index in [1.54, 1.807) is 18.2 Å². The molecule has 0 spiro atoms. The van der Waals surface area contributed by atoms with Crippen LogP contribution in [0.1, 0.15) is 43.2 Å². The highest BCUT2D eigenvalue weighted by molar-refractivity contribution is 9.10. The molecule has 1 saturated heterocycles. The van der Waals surface area contributed by atoms with Gasteiger partial charge in [-0.05, 0) is 82.4 Å². The number of rotatable bonds is 6. The highest BCUT2D eigenvalue weighted by Gasteiger charge is 2.36. The van der Waals surface area contributed by atoms with Gasteiger partial charge in [0.15, 0.2) is 0 Å². The Bertz CT molecular complexity index is 1070. The lowest BCUT2D eigenvalue weighted by Crippen LogP contribution is -2.34. The van der Waals surface area contributed by atoms with Gasteiger partial charge in [0.1, 0.15) is 12.4 Å². The maximum absolute atomic E-state index is 12.8. The van der Waals surface area contributed by atoms with E-state index in [1.807, 2.05) is 24.3 Å². The van der Waals surface area contributed by atoms with Gasteiger partial charge in [0.25, 0.3) is 11.1 Å². The predicted molar refractivity (Wildman–Crippen MR) is 134 cm³/mol. The van der Waals surface area contributed by atoms with Crippen LogP contribution >= 0.6 is 50.9 Å². The van der Waals surface area contributed by atoms with E-state index in [0.29, 0.717) is 39.8 Å². The third kappa shape index (κ3) is 5.71. The van der Waals surface area contributed by atoms with E-state index in [4.69, 9.17) is 27.9 Å². The van der Waals surface area contributed by atoms with Crippen LogP contribution in [0.15, 0.2) is 45.8 Å². The molecule has 1 aliphatic carbocycles. The molecule has 2 aromatic rings. The zero-order valence-corrected chi connectivity index (χ0v) is 21.2. The molecule has 2 aromatic carbocycles. The molecule has 0 atom stereocenters. The zero-order valence-electron chi connectivity index (χ0n) is 17.3. The Labute approximate surface area is 210 Å². The molecule has 2 amide bonds. The largest absolute Gasteiger partial charge is 0.488 e. The third-order valence-electron chi connectivity index (χ3n) is 5.69. The van der Waals surface area contributed by atoms with Crippen LogP contribution in [-0.2, 0) is 11.4 Å². The fourth-order valence-corrected chi connectivity index (χ4v) is 5.78. The van der Waals surface area contributed by atoms with Crippen molar-refractivity contribution in [2.75, 3.05) is 6.54 Å². The molecule has 1 saturated carbocycles. The summed E-state index contributed by atoms with van der Waals surface area (Å²) in [5.41, 5.74) is 1.65. The first-order valence-electron chi connectivity index (χ1n) is 10.5. The quantitative estimate of drug-likeness (QED) is 0.340. The molecule has 0 aromatic heterocycles. The highest BCUT2D eigenvalue weighted by Crippen LogP contribution is 2.36. The lowest BCUT2D eigenvalue weighted by molar-refractivity contribution is -0.123. The first-order valence-corrected chi connectivity index (χ1v) is 12.9. The molecule has 0 radical (unpaired) electrons. The van der Waals surface area contributed by atoms with Gasteiger partial charge in [-0.3, -0.25) is 14.5 Å². The number of carbonyl (C=O) groups excluding carboxylic acids is 2. The standard InChI is InChI=1S/C24H22BrCl2NO3S/c25-19-10-16(6-9-21(19)31-14-17-7-8-18(26)12-20(17)27)11-22-23(29)28(24(30)32-22)13-15-4-2-1-3-5-15/h6-12,15H,1-5,13-14H2/b22-11+. The number of ether oxygens (including phenoxy) is 1. The SMILES string of the molecule is O=C1S/C(=C/c2ccc(OCc3ccc(Cl)cc3Cl)c(Br)c2)C(=O)N1CC1CCCCC1. The van der Waals surface area contributed by atoms with Crippen molar-refractivity contribution in [3.63, 3.8) is 0 Å². The molecule has 32 heavy (non-hydrogen) atoms. The molecule has 8 heteroatoms. The van der Waals surface area contributed by atoms with Gasteiger partial charge in [-0.1, -0.05) is 54.6 Å². The van der Waals surface area contributed by atoms with Crippen LogP contribution in [0, 0.1) is 5.92 Å². The van der Waals surface area contributed by atoms with Crippen molar-refractivity contribution >= 4 is 68.1 Å². The van der Waals surface area contributed by atoms with Gasteiger partial charge in [0.05, 0.1) is 9.38 Å². The molecule has 0 unspecified atom stereocenters. The number of halogens is 3. The molecule has 1 heterocycles. The fourth-order valence-electron chi connectivity index (χ4n) is 3.95. The Morgan fingerprint density at radius 2 is 1.88 bits per heavy atom. The third-order valence-corrected chi connectivity index (χ3v) is 7.81. The summed E-state index contributed by atoms with van der Waals surface area (Å²) in [6, 6.07) is 10.8. The van der Waals surface area contributed by atoms with E-state index in [1.165, 1.54) is 24.2 Å². The number of hydrogen-bond acceptors (Lipinski definition) is 4. The summed E-state index contributed by atoms with van der Waals surface area (Å²) in [7, 11) is 0. The van der Waals surface area contributed by atoms with Crippen LogP contribution < -0.4 is 4.74 Å². The summed E-state index contributed by atoms with van der Waals surface area (Å²) in [6.45, 7) is 0.833. The predicted octanol–water partition coefficient (Wildman–Crippen LogP) is 7.95. The van der Waals surface area contributed by atoms with Crippen LogP contribution in [0.25, 0.3) is 6.08 Å². The fraction of sp³-hybridized carbons (Fsp3) is 0.333. The van der Waals surface area contributed by atoms with Gasteiger partial charge in [-0.25, -0.2) is 0 Å². The molecule has 2 fully saturated rings. The Balaban J connectivity index is 1.42. The van der Waals surface area contributed by atoms with Crippen molar-refractivity contribution in [3.05, 3.63) is 66.9 Å². The van der Waals surface area contributed by atoms with Crippen LogP contribution in [0.4, 0.5) is 4.79 Å². The number of carbonyl (C=O) groups is 2. The van der Waals surface area contributed by atoms with E-state index in [2.05, 4.69) is 15.9 Å². The minimum atomic E-state index is -0.195. The first kappa shape index (κ1) is 23.7. The molecule has 4 rings (SSSR count). The normalized spacial score (nSPS) is 18.6. The van der Waals surface area contributed by atoms with Crippen molar-refractivity contribution in [2.24, 2.45) is 5.92 Å². The Morgan fingerprint density at radius 1 is 1.09 bits per heavy atom. The topological polar surface area (TPSA) is 46.6 Å². The summed E-state index contributed by atoms with van der Waals surface area (Å²) in [4.78, 5) is 27.1. The number of thioether (sulfide) groups is 1. The van der Waals surface area contributed by atoms with Crippen molar-refractivity contribution in [3.8, 4) is 5.75 Å². The first-order chi connectivity index (χ1) is 15.4. The van der Waals surface area contributed by atoms with Gasteiger partial charge in [0.2, 0.25) is 0 Å². The van der Waals surface area contributed by atoms with Gasteiger partial charge in [-0.2, -0.15) is 0 Å². The lowest BCUT2D eigenvalue weighted by Gasteiger charge is -2.25. The monoisotopic (exact) mass is 553 g/mol. The van der Waals surface area contributed by atoms with Crippen molar-refractivity contribution in [2.45, 2.75) is 38.7 Å². The van der Waals surface area contributed by atoms with Gasteiger partial charge in [-0.15, -0.1) is 0 Å². The maximum atomic E-state index is 12.8. The van der Waals surface area contributed by atoms with E-state index in [9.17, 15) is 9.59 Å². The number of imide groups is 1. The van der Waals surface area contributed by atoms with Gasteiger partial charge >= 0.3 is 0 Å². The summed E-state index contributed by atoms with van der Waals surface area (Å²) in [5, 5.41) is 0.951. The summed E-state index contributed by atoms with van der Waals surface area (Å²) in [5.74, 6) is 0.884. The minimum Gasteiger partial charge on any atom is -0.488 e. The highest BCUT2D eigenvalue weighted by atomic mass is 79.9. The summed E-state index contributed by atoms with van der Waals surface area (Å²) in [6.07, 6.45) is 7.57. The van der Waals surface area contributed by atoms with Crippen molar-refractivity contribution in [1.82, 2.24) is 4.90 Å². The number of nitrogens with zero attached hydrogens (tertiary/aromatic N) is 1. The lowest BCUT2D eigenvalue weighted by atomic mass is 9.89. The average Bonchev–Trinajstić information content (AvgIpc) is 3.02. The summed E-state index contributed by atoms with van der Waals surface area (Å²) < 4.78 is 6.63. The minimum absolute atomic E-state index is 0.175. The van der Waals surface area contributed by atoms with Crippen LogP contribution in [0.2, 0.25) is 10.0 Å². The average molecular weight is 555 g/mol. The van der Waals surface area contributed by atoms with Crippen molar-refractivity contribution in [1.29, 1.82) is 0 Å². The molecule has 2 aliphatic rings. The second-order valence-electron chi connectivity index (χ2n) is 8.01. The van der Waals surface area contributed by atoms with E-state index in [0.717, 1.165) is 40.2 Å². The molecular formula is C24H22BrCl2NO3S. The molecule has 0 bridgehead atoms. The van der Waals surface area contributed by atoms with Gasteiger partial charge < -0.3 is 4.74 Å². The molecular weight excluding hydrogens is 533 g/mol. The number of benzene rings is 2. The zero-order chi connectivity index (χ0) is 22.7. The van der Waals surface area contributed by atoms with E-state index >= 15 is 0 Å². The smallest absolute Gasteiger partial charge is 0.293 e.